The Bertz CT molecular complexity index is 564. The van der Waals surface area contributed by atoms with Crippen LogP contribution in [0.2, 0.25) is 0 Å². The van der Waals surface area contributed by atoms with Gasteiger partial charge in [-0.2, -0.15) is 0 Å². The molecule has 1 aromatic heterocycles. The number of β-amino-alcohol motifs (C(OH)–C–C–N with tert-alkyl or cyclic N) is 1. The van der Waals surface area contributed by atoms with Crippen molar-refractivity contribution in [2.45, 2.75) is 45.9 Å². The molecule has 1 atom stereocenters. The zero-order valence-corrected chi connectivity index (χ0v) is 13.3. The number of hydrogen-bond acceptors (Lipinski definition) is 6. The maximum atomic E-state index is 12.1. The molecule has 2 N–H and O–H groups in total. The minimum absolute atomic E-state index is 0.156. The molecule has 2 rings (SSSR count). The Balaban J connectivity index is 2.14. The van der Waals surface area contributed by atoms with E-state index in [1.54, 1.807) is 20.8 Å². The van der Waals surface area contributed by atoms with Crippen molar-refractivity contribution in [2.75, 3.05) is 11.9 Å². The molecule has 0 fully saturated rings. The van der Waals surface area contributed by atoms with E-state index in [0.717, 1.165) is 0 Å². The van der Waals surface area contributed by atoms with E-state index in [1.165, 1.54) is 23.2 Å². The summed E-state index contributed by atoms with van der Waals surface area (Å²) in [6.45, 7) is 7.17. The molecule has 1 aliphatic heterocycles. The fourth-order valence-electron chi connectivity index (χ4n) is 1.94. The molecule has 1 aromatic rings. The summed E-state index contributed by atoms with van der Waals surface area (Å²) < 4.78 is 5.29. The molecule has 0 saturated carbocycles. The Morgan fingerprint density at radius 1 is 1.48 bits per heavy atom. The number of rotatable bonds is 1. The first-order valence-electron chi connectivity index (χ1n) is 6.59. The topological polar surface area (TPSA) is 91.8 Å². The number of ether oxygens (including phenoxy) is 1. The van der Waals surface area contributed by atoms with E-state index < -0.39 is 17.8 Å². The number of aliphatic hydroxyl groups is 1. The number of hydrogen-bond donors (Lipinski definition) is 2. The summed E-state index contributed by atoms with van der Waals surface area (Å²) in [4.78, 5) is 29.4. The second kappa shape index (κ2) is 5.61. The van der Waals surface area contributed by atoms with Gasteiger partial charge in [0.2, 0.25) is 5.91 Å². The lowest BCUT2D eigenvalue weighted by Crippen LogP contribution is -2.41. The molecular weight excluding hydrogens is 294 g/mol. The Morgan fingerprint density at radius 2 is 2.14 bits per heavy atom. The third kappa shape index (κ3) is 3.92. The minimum Gasteiger partial charge on any atom is -0.444 e. The van der Waals surface area contributed by atoms with Gasteiger partial charge in [-0.1, -0.05) is 11.3 Å². The second-order valence-electron chi connectivity index (χ2n) is 5.89. The Kier molecular flexibility index (Phi) is 4.20. The van der Waals surface area contributed by atoms with Crippen LogP contribution in [0.15, 0.2) is 0 Å². The van der Waals surface area contributed by atoms with Crippen LogP contribution < -0.4 is 5.32 Å². The van der Waals surface area contributed by atoms with E-state index in [-0.39, 0.29) is 19.0 Å². The van der Waals surface area contributed by atoms with Crippen LogP contribution in [-0.2, 0) is 16.1 Å². The quantitative estimate of drug-likeness (QED) is 0.826. The highest BCUT2D eigenvalue weighted by atomic mass is 32.1. The number of aliphatic hydroxyl groups excluding tert-OH is 1. The SMILES string of the molecule is CC(=O)Nc1nc2c(s1)C(O)CN(C(=O)OC(C)(C)C)C2. The summed E-state index contributed by atoms with van der Waals surface area (Å²) in [6.07, 6.45) is -1.30. The van der Waals surface area contributed by atoms with Crippen molar-refractivity contribution in [2.24, 2.45) is 0 Å². The van der Waals surface area contributed by atoms with Gasteiger partial charge in [-0.15, -0.1) is 0 Å². The predicted molar refractivity (Wildman–Crippen MR) is 78.0 cm³/mol. The summed E-state index contributed by atoms with van der Waals surface area (Å²) in [7, 11) is 0. The van der Waals surface area contributed by atoms with E-state index in [1.807, 2.05) is 0 Å². The van der Waals surface area contributed by atoms with E-state index >= 15 is 0 Å². The molecule has 2 amide bonds. The van der Waals surface area contributed by atoms with Crippen LogP contribution >= 0.6 is 11.3 Å². The number of nitrogens with zero attached hydrogens (tertiary/aromatic N) is 2. The van der Waals surface area contributed by atoms with Gasteiger partial charge >= 0.3 is 6.09 Å². The summed E-state index contributed by atoms with van der Waals surface area (Å²) in [6, 6.07) is 0. The van der Waals surface area contributed by atoms with E-state index in [2.05, 4.69) is 10.3 Å². The van der Waals surface area contributed by atoms with Crippen molar-refractivity contribution in [1.29, 1.82) is 0 Å². The molecule has 0 radical (unpaired) electrons. The molecular formula is C13H19N3O4S. The molecule has 1 unspecified atom stereocenters. The summed E-state index contributed by atoms with van der Waals surface area (Å²) in [5.41, 5.74) is -0.000461. The molecule has 21 heavy (non-hydrogen) atoms. The smallest absolute Gasteiger partial charge is 0.410 e. The van der Waals surface area contributed by atoms with E-state index in [0.29, 0.717) is 15.7 Å². The molecule has 0 bridgehead atoms. The molecule has 7 nitrogen and oxygen atoms in total. The first-order chi connectivity index (χ1) is 9.65. The average molecular weight is 313 g/mol. The standard InChI is InChI=1S/C13H19N3O4S/c1-7(17)14-11-15-8-5-16(6-9(18)10(8)21-11)12(19)20-13(2,3)4/h9,18H,5-6H2,1-4H3,(H,14,15,17). The monoisotopic (exact) mass is 313 g/mol. The first kappa shape index (κ1) is 15.7. The van der Waals surface area contributed by atoms with Crippen molar-refractivity contribution in [3.63, 3.8) is 0 Å². The molecule has 0 spiro atoms. The highest BCUT2D eigenvalue weighted by Crippen LogP contribution is 2.34. The van der Waals surface area contributed by atoms with Crippen molar-refractivity contribution in [1.82, 2.24) is 9.88 Å². The molecule has 1 aliphatic rings. The van der Waals surface area contributed by atoms with Gasteiger partial charge in [0, 0.05) is 6.92 Å². The number of carbonyl (C=O) groups excluding carboxylic acids is 2. The van der Waals surface area contributed by atoms with Gasteiger partial charge in [0.15, 0.2) is 5.13 Å². The number of anilines is 1. The van der Waals surface area contributed by atoms with Gasteiger partial charge in [0.25, 0.3) is 0 Å². The van der Waals surface area contributed by atoms with Crippen LogP contribution in [0.4, 0.5) is 9.93 Å². The Hall–Kier alpha value is -1.67. The van der Waals surface area contributed by atoms with E-state index in [4.69, 9.17) is 4.74 Å². The molecule has 116 valence electrons. The van der Waals surface area contributed by atoms with Crippen molar-refractivity contribution in [3.8, 4) is 0 Å². The van der Waals surface area contributed by atoms with E-state index in [9.17, 15) is 14.7 Å². The lowest BCUT2D eigenvalue weighted by Gasteiger charge is -2.31. The first-order valence-corrected chi connectivity index (χ1v) is 7.40. The normalized spacial score (nSPS) is 18.1. The molecule has 0 aliphatic carbocycles. The van der Waals surface area contributed by atoms with Crippen LogP contribution in [0.3, 0.4) is 0 Å². The number of amides is 2. The highest BCUT2D eigenvalue weighted by Gasteiger charge is 2.32. The maximum Gasteiger partial charge on any atom is 0.410 e. The summed E-state index contributed by atoms with van der Waals surface area (Å²) in [5.74, 6) is -0.223. The van der Waals surface area contributed by atoms with Gasteiger partial charge < -0.3 is 15.2 Å². The van der Waals surface area contributed by atoms with Crippen molar-refractivity contribution in [3.05, 3.63) is 10.6 Å². The highest BCUT2D eigenvalue weighted by molar-refractivity contribution is 7.16. The lowest BCUT2D eigenvalue weighted by atomic mass is 10.1. The van der Waals surface area contributed by atoms with Crippen LogP contribution in [0.1, 0.15) is 44.4 Å². The molecule has 8 heteroatoms. The number of carbonyl (C=O) groups is 2. The maximum absolute atomic E-state index is 12.1. The predicted octanol–water partition coefficient (Wildman–Crippen LogP) is 1.89. The Morgan fingerprint density at radius 3 is 2.71 bits per heavy atom. The van der Waals surface area contributed by atoms with Crippen molar-refractivity contribution < 1.29 is 19.4 Å². The Labute approximate surface area is 126 Å². The fraction of sp³-hybridized carbons (Fsp3) is 0.615. The van der Waals surface area contributed by atoms with Crippen LogP contribution in [0.25, 0.3) is 0 Å². The van der Waals surface area contributed by atoms with Gasteiger partial charge in [-0.3, -0.25) is 9.69 Å². The second-order valence-corrected chi connectivity index (χ2v) is 6.92. The number of thiazole rings is 1. The minimum atomic E-state index is -0.818. The zero-order chi connectivity index (χ0) is 15.8. The molecule has 0 saturated heterocycles. The summed E-state index contributed by atoms with van der Waals surface area (Å²) in [5, 5.41) is 13.2. The van der Waals surface area contributed by atoms with Crippen LogP contribution in [0, 0.1) is 0 Å². The van der Waals surface area contributed by atoms with Crippen LogP contribution in [0.5, 0.6) is 0 Å². The van der Waals surface area contributed by atoms with Gasteiger partial charge in [-0.25, -0.2) is 9.78 Å². The molecule has 0 aromatic carbocycles. The number of nitrogens with one attached hydrogen (secondary N) is 1. The average Bonchev–Trinajstić information content (AvgIpc) is 2.68. The number of fused-ring (bicyclic) bond motifs is 1. The third-order valence-corrected chi connectivity index (χ3v) is 3.81. The number of aromatic nitrogens is 1. The van der Waals surface area contributed by atoms with Crippen LogP contribution in [-0.4, -0.2) is 39.1 Å². The lowest BCUT2D eigenvalue weighted by molar-refractivity contribution is -0.114. The summed E-state index contributed by atoms with van der Waals surface area (Å²) >= 11 is 1.23. The van der Waals surface area contributed by atoms with Crippen molar-refractivity contribution >= 4 is 28.5 Å². The van der Waals surface area contributed by atoms with Gasteiger partial charge in [-0.05, 0) is 20.8 Å². The third-order valence-electron chi connectivity index (χ3n) is 2.70. The zero-order valence-electron chi connectivity index (χ0n) is 12.5. The van der Waals surface area contributed by atoms with Gasteiger partial charge in [0.05, 0.1) is 23.7 Å². The fourth-order valence-corrected chi connectivity index (χ4v) is 2.94. The molecule has 2 heterocycles. The largest absolute Gasteiger partial charge is 0.444 e. The van der Waals surface area contributed by atoms with Gasteiger partial charge in [0.1, 0.15) is 11.7 Å².